The standard InChI is InChI=1S/C9H17N2O4.ClH/c12-5-8(14)3-10-1-2-11(7-10)4-9(15)6-13;/h1-2,7-9,12-15H,3-6H2;1H/q+1;/p-1. The zero-order valence-corrected chi connectivity index (χ0v) is 9.53. The van der Waals surface area contributed by atoms with Crippen molar-refractivity contribution in [2.75, 3.05) is 13.2 Å². The van der Waals surface area contributed by atoms with Crippen LogP contribution in [0.1, 0.15) is 0 Å². The number of aliphatic hydroxyl groups is 4. The molecular formula is C9H17ClN2O4. The molecule has 0 aliphatic carbocycles. The van der Waals surface area contributed by atoms with E-state index in [1.54, 1.807) is 27.9 Å². The highest BCUT2D eigenvalue weighted by Crippen LogP contribution is 1.91. The Kier molecular flexibility index (Phi) is 7.27. The normalized spacial score (nSPS) is 14.2. The number of halogens is 1. The first-order chi connectivity index (χ1) is 7.15. The zero-order valence-electron chi connectivity index (χ0n) is 8.78. The second kappa shape index (κ2) is 7.59. The molecule has 7 heteroatoms. The average molecular weight is 253 g/mol. The molecule has 0 fully saturated rings. The minimum absolute atomic E-state index is 0. The Morgan fingerprint density at radius 3 is 2.31 bits per heavy atom. The SMILES string of the molecule is OCC(O)Cn1cc[n+](CC(O)CO)c1.[Cl-]. The molecule has 0 aliphatic rings. The Hall–Kier alpha value is -0.660. The lowest BCUT2D eigenvalue weighted by Gasteiger charge is -2.03. The van der Waals surface area contributed by atoms with E-state index in [1.165, 1.54) is 0 Å². The first kappa shape index (κ1) is 15.3. The largest absolute Gasteiger partial charge is 1.00 e. The van der Waals surface area contributed by atoms with Gasteiger partial charge in [0.15, 0.2) is 0 Å². The molecular weight excluding hydrogens is 236 g/mol. The van der Waals surface area contributed by atoms with Crippen molar-refractivity contribution in [1.82, 2.24) is 4.57 Å². The molecule has 0 amide bonds. The smallest absolute Gasteiger partial charge is 0.243 e. The zero-order chi connectivity index (χ0) is 11.3. The summed E-state index contributed by atoms with van der Waals surface area (Å²) in [4.78, 5) is 0. The maximum Gasteiger partial charge on any atom is 0.243 e. The van der Waals surface area contributed by atoms with Crippen LogP contribution in [-0.4, -0.2) is 50.4 Å². The fraction of sp³-hybridized carbons (Fsp3) is 0.667. The molecule has 0 radical (unpaired) electrons. The van der Waals surface area contributed by atoms with E-state index in [0.717, 1.165) is 0 Å². The van der Waals surface area contributed by atoms with Crippen LogP contribution in [-0.2, 0) is 13.1 Å². The van der Waals surface area contributed by atoms with Crippen molar-refractivity contribution in [3.63, 3.8) is 0 Å². The van der Waals surface area contributed by atoms with E-state index in [9.17, 15) is 10.2 Å². The van der Waals surface area contributed by atoms with Crippen molar-refractivity contribution >= 4 is 0 Å². The summed E-state index contributed by atoms with van der Waals surface area (Å²) in [5.41, 5.74) is 0. The minimum atomic E-state index is -0.784. The van der Waals surface area contributed by atoms with Crippen LogP contribution < -0.4 is 17.0 Å². The van der Waals surface area contributed by atoms with Gasteiger partial charge >= 0.3 is 0 Å². The Morgan fingerprint density at radius 2 is 1.75 bits per heavy atom. The van der Waals surface area contributed by atoms with Crippen molar-refractivity contribution in [2.24, 2.45) is 0 Å². The van der Waals surface area contributed by atoms with Crippen molar-refractivity contribution in [1.29, 1.82) is 0 Å². The average Bonchev–Trinajstić information content (AvgIpc) is 2.65. The number of hydrogen-bond acceptors (Lipinski definition) is 4. The van der Waals surface area contributed by atoms with E-state index in [0.29, 0.717) is 13.1 Å². The van der Waals surface area contributed by atoms with Gasteiger partial charge in [-0.3, -0.25) is 0 Å². The van der Waals surface area contributed by atoms with Crippen LogP contribution in [0.2, 0.25) is 0 Å². The van der Waals surface area contributed by atoms with Gasteiger partial charge in [-0.2, -0.15) is 0 Å². The molecule has 16 heavy (non-hydrogen) atoms. The molecule has 0 spiro atoms. The van der Waals surface area contributed by atoms with E-state index in [1.807, 2.05) is 0 Å². The molecule has 1 heterocycles. The highest BCUT2D eigenvalue weighted by Gasteiger charge is 2.11. The van der Waals surface area contributed by atoms with Crippen LogP contribution in [0.4, 0.5) is 0 Å². The van der Waals surface area contributed by atoms with E-state index in [4.69, 9.17) is 10.2 Å². The molecule has 0 aromatic carbocycles. The number of aromatic nitrogens is 2. The molecule has 2 unspecified atom stereocenters. The van der Waals surface area contributed by atoms with E-state index in [-0.39, 0.29) is 25.6 Å². The van der Waals surface area contributed by atoms with Crippen molar-refractivity contribution in [3.8, 4) is 0 Å². The number of rotatable bonds is 6. The van der Waals surface area contributed by atoms with Gasteiger partial charge in [0, 0.05) is 0 Å². The van der Waals surface area contributed by atoms with Crippen molar-refractivity contribution < 1.29 is 37.4 Å². The lowest BCUT2D eigenvalue weighted by atomic mass is 10.4. The van der Waals surface area contributed by atoms with Gasteiger partial charge in [0.2, 0.25) is 6.33 Å². The number of aliphatic hydroxyl groups excluding tert-OH is 4. The fourth-order valence-corrected chi connectivity index (χ4v) is 1.26. The lowest BCUT2D eigenvalue weighted by molar-refractivity contribution is -0.703. The number of nitrogens with zero attached hydrogens (tertiary/aromatic N) is 2. The summed E-state index contributed by atoms with van der Waals surface area (Å²) < 4.78 is 3.40. The van der Waals surface area contributed by atoms with Crippen molar-refractivity contribution in [2.45, 2.75) is 25.3 Å². The number of hydrogen-bond donors (Lipinski definition) is 4. The van der Waals surface area contributed by atoms with Crippen LogP contribution in [0.3, 0.4) is 0 Å². The molecule has 0 aliphatic heterocycles. The van der Waals surface area contributed by atoms with Gasteiger partial charge in [0.1, 0.15) is 37.7 Å². The molecule has 1 aromatic rings. The highest BCUT2D eigenvalue weighted by molar-refractivity contribution is 4.69. The summed E-state index contributed by atoms with van der Waals surface area (Å²) in [6, 6.07) is 0. The summed E-state index contributed by atoms with van der Waals surface area (Å²) in [6.07, 6.45) is 3.58. The minimum Gasteiger partial charge on any atom is -1.00 e. The summed E-state index contributed by atoms with van der Waals surface area (Å²) >= 11 is 0. The van der Waals surface area contributed by atoms with Gasteiger partial charge in [-0.1, -0.05) is 0 Å². The maximum atomic E-state index is 9.18. The Labute approximate surface area is 99.8 Å². The second-order valence-electron chi connectivity index (χ2n) is 3.48. The summed E-state index contributed by atoms with van der Waals surface area (Å²) in [5, 5.41) is 35.6. The van der Waals surface area contributed by atoms with Crippen LogP contribution in [0.15, 0.2) is 18.7 Å². The van der Waals surface area contributed by atoms with Crippen molar-refractivity contribution in [3.05, 3.63) is 18.7 Å². The van der Waals surface area contributed by atoms with Crippen LogP contribution in [0.25, 0.3) is 0 Å². The van der Waals surface area contributed by atoms with Crippen LogP contribution in [0, 0.1) is 0 Å². The molecule has 0 saturated carbocycles. The molecule has 1 rings (SSSR count). The maximum absolute atomic E-state index is 9.18. The monoisotopic (exact) mass is 252 g/mol. The summed E-state index contributed by atoms with van der Waals surface area (Å²) in [7, 11) is 0. The summed E-state index contributed by atoms with van der Waals surface area (Å²) in [5.74, 6) is 0. The number of imidazole rings is 1. The predicted molar refractivity (Wildman–Crippen MR) is 50.8 cm³/mol. The topological polar surface area (TPSA) is 89.7 Å². The van der Waals surface area contributed by atoms with Gasteiger partial charge in [0.25, 0.3) is 0 Å². The molecule has 4 N–H and O–H groups in total. The Bertz CT molecular complexity index is 268. The first-order valence-electron chi connectivity index (χ1n) is 4.78. The molecule has 94 valence electrons. The van der Waals surface area contributed by atoms with Gasteiger partial charge in [-0.25, -0.2) is 9.13 Å². The van der Waals surface area contributed by atoms with Crippen LogP contribution in [0.5, 0.6) is 0 Å². The molecule has 6 nitrogen and oxygen atoms in total. The fourth-order valence-electron chi connectivity index (χ4n) is 1.26. The third-order valence-electron chi connectivity index (χ3n) is 2.01. The molecule has 0 bridgehead atoms. The Balaban J connectivity index is 0.00000225. The van der Waals surface area contributed by atoms with E-state index in [2.05, 4.69) is 0 Å². The summed E-state index contributed by atoms with van der Waals surface area (Å²) in [6.45, 7) is 0.0479. The van der Waals surface area contributed by atoms with Gasteiger partial charge in [-0.05, 0) is 0 Å². The van der Waals surface area contributed by atoms with E-state index < -0.39 is 12.2 Å². The Morgan fingerprint density at radius 1 is 1.12 bits per heavy atom. The molecule has 1 aromatic heterocycles. The molecule has 0 saturated heterocycles. The third-order valence-corrected chi connectivity index (χ3v) is 2.01. The van der Waals surface area contributed by atoms with Gasteiger partial charge in [0.05, 0.1) is 13.2 Å². The van der Waals surface area contributed by atoms with Crippen LogP contribution >= 0.6 is 0 Å². The first-order valence-corrected chi connectivity index (χ1v) is 4.78. The molecule has 2 atom stereocenters. The highest BCUT2D eigenvalue weighted by atomic mass is 35.5. The predicted octanol–water partition coefficient (Wildman–Crippen LogP) is -5.51. The second-order valence-corrected chi connectivity index (χ2v) is 3.48. The third kappa shape index (κ3) is 4.91. The lowest BCUT2D eigenvalue weighted by Crippen LogP contribution is -3.00. The van der Waals surface area contributed by atoms with Gasteiger partial charge < -0.3 is 32.8 Å². The quantitative estimate of drug-likeness (QED) is 0.380. The van der Waals surface area contributed by atoms with E-state index >= 15 is 0 Å². The van der Waals surface area contributed by atoms with Gasteiger partial charge in [-0.15, -0.1) is 0 Å².